The Morgan fingerprint density at radius 3 is 3.08 bits per heavy atom. The summed E-state index contributed by atoms with van der Waals surface area (Å²) in [4.78, 5) is 11.6. The van der Waals surface area contributed by atoms with Gasteiger partial charge in [0.15, 0.2) is 0 Å². The summed E-state index contributed by atoms with van der Waals surface area (Å²) in [6.45, 7) is 0. The number of rotatable bonds is 1. The average Bonchev–Trinajstić information content (AvgIpc) is 2.52. The minimum Gasteiger partial charge on any atom is -0.481 e. The Hall–Kier alpha value is -0.870. The number of aliphatic hydroxyl groups excluding tert-OH is 1. The van der Waals surface area contributed by atoms with Gasteiger partial charge in [-0.05, 0) is 29.9 Å². The molecule has 0 fully saturated rings. The van der Waals surface area contributed by atoms with Crippen LogP contribution in [0.1, 0.15) is 23.0 Å². The molecule has 1 aromatic heterocycles. The third kappa shape index (κ3) is 1.36. The van der Waals surface area contributed by atoms with Gasteiger partial charge in [0.2, 0.25) is 0 Å². The number of thiophene rings is 1. The van der Waals surface area contributed by atoms with Gasteiger partial charge in [-0.2, -0.15) is 0 Å². The summed E-state index contributed by atoms with van der Waals surface area (Å²) >= 11 is 1.44. The number of aliphatic hydroxyl groups is 1. The molecule has 3 nitrogen and oxygen atoms in total. The summed E-state index contributed by atoms with van der Waals surface area (Å²) in [7, 11) is 0. The topological polar surface area (TPSA) is 57.5 Å². The van der Waals surface area contributed by atoms with E-state index in [2.05, 4.69) is 0 Å². The third-order valence-electron chi connectivity index (χ3n) is 2.47. The van der Waals surface area contributed by atoms with E-state index in [4.69, 9.17) is 5.11 Å². The number of hydrogen-bond donors (Lipinski definition) is 2. The van der Waals surface area contributed by atoms with E-state index in [1.165, 1.54) is 11.3 Å². The summed E-state index contributed by atoms with van der Waals surface area (Å²) in [5.74, 6) is -1.52. The van der Waals surface area contributed by atoms with Gasteiger partial charge in [0.05, 0.1) is 5.92 Å². The Labute approximate surface area is 79.6 Å². The molecule has 1 aliphatic rings. The maximum absolute atomic E-state index is 10.7. The highest BCUT2D eigenvalue weighted by Crippen LogP contribution is 2.37. The number of fused-ring (bicyclic) bond motifs is 1. The van der Waals surface area contributed by atoms with Gasteiger partial charge in [-0.15, -0.1) is 11.3 Å². The van der Waals surface area contributed by atoms with Crippen LogP contribution in [0.3, 0.4) is 0 Å². The van der Waals surface area contributed by atoms with Gasteiger partial charge < -0.3 is 10.2 Å². The zero-order chi connectivity index (χ0) is 9.42. The zero-order valence-corrected chi connectivity index (χ0v) is 7.75. The lowest BCUT2D eigenvalue weighted by Gasteiger charge is -2.24. The zero-order valence-electron chi connectivity index (χ0n) is 6.93. The van der Waals surface area contributed by atoms with Crippen LogP contribution in [0.15, 0.2) is 11.4 Å². The lowest BCUT2D eigenvalue weighted by Crippen LogP contribution is -2.26. The van der Waals surface area contributed by atoms with E-state index in [9.17, 15) is 9.90 Å². The smallest absolute Gasteiger partial charge is 0.309 e. The van der Waals surface area contributed by atoms with Crippen molar-refractivity contribution >= 4 is 17.3 Å². The number of aliphatic carboxylic acids is 1. The van der Waals surface area contributed by atoms with Crippen molar-refractivity contribution in [1.29, 1.82) is 0 Å². The van der Waals surface area contributed by atoms with Crippen molar-refractivity contribution in [1.82, 2.24) is 0 Å². The molecule has 0 radical (unpaired) electrons. The van der Waals surface area contributed by atoms with E-state index in [-0.39, 0.29) is 0 Å². The van der Waals surface area contributed by atoms with Crippen LogP contribution in [0.25, 0.3) is 0 Å². The molecule has 0 saturated heterocycles. The normalized spacial score (nSPS) is 26.8. The Morgan fingerprint density at radius 1 is 1.62 bits per heavy atom. The number of carboxylic acid groups (broad SMARTS) is 1. The lowest BCUT2D eigenvalue weighted by atomic mass is 9.87. The molecule has 0 spiro atoms. The molecule has 2 N–H and O–H groups in total. The molecule has 2 rings (SSSR count). The molecular weight excluding hydrogens is 188 g/mol. The molecule has 0 aromatic carbocycles. The maximum atomic E-state index is 10.7. The van der Waals surface area contributed by atoms with Crippen molar-refractivity contribution in [2.24, 2.45) is 5.92 Å². The minimum absolute atomic E-state index is 0.542. The first kappa shape index (κ1) is 8.72. The third-order valence-corrected chi connectivity index (χ3v) is 3.50. The summed E-state index contributed by atoms with van der Waals surface area (Å²) in [5, 5.41) is 20.4. The number of carboxylic acids is 1. The van der Waals surface area contributed by atoms with E-state index in [0.29, 0.717) is 6.42 Å². The quantitative estimate of drug-likeness (QED) is 0.717. The first-order valence-corrected chi connectivity index (χ1v) is 5.05. The van der Waals surface area contributed by atoms with Crippen LogP contribution in [-0.2, 0) is 11.2 Å². The second-order valence-electron chi connectivity index (χ2n) is 3.24. The second-order valence-corrected chi connectivity index (χ2v) is 4.19. The highest BCUT2D eigenvalue weighted by atomic mass is 32.1. The van der Waals surface area contributed by atoms with Crippen LogP contribution in [0.5, 0.6) is 0 Å². The molecule has 2 unspecified atom stereocenters. The summed E-state index contributed by atoms with van der Waals surface area (Å²) in [6.07, 6.45) is 0.508. The molecule has 0 aliphatic heterocycles. The van der Waals surface area contributed by atoms with Gasteiger partial charge in [-0.1, -0.05) is 0 Å². The Bertz CT molecular complexity index is 331. The van der Waals surface area contributed by atoms with Crippen LogP contribution in [0.4, 0.5) is 0 Å². The van der Waals surface area contributed by atoms with Crippen molar-refractivity contribution in [2.45, 2.75) is 18.9 Å². The van der Waals surface area contributed by atoms with Crippen LogP contribution < -0.4 is 0 Å². The fourth-order valence-corrected chi connectivity index (χ4v) is 2.73. The summed E-state index contributed by atoms with van der Waals surface area (Å²) < 4.78 is 0. The van der Waals surface area contributed by atoms with Crippen molar-refractivity contribution in [3.63, 3.8) is 0 Å². The first-order chi connectivity index (χ1) is 6.20. The minimum atomic E-state index is -0.897. The Morgan fingerprint density at radius 2 is 2.38 bits per heavy atom. The van der Waals surface area contributed by atoms with Gasteiger partial charge in [-0.3, -0.25) is 4.79 Å². The van der Waals surface area contributed by atoms with E-state index in [1.807, 2.05) is 11.4 Å². The van der Waals surface area contributed by atoms with Gasteiger partial charge in [-0.25, -0.2) is 0 Å². The highest BCUT2D eigenvalue weighted by Gasteiger charge is 2.33. The molecule has 70 valence electrons. The molecule has 4 heteroatoms. The van der Waals surface area contributed by atoms with E-state index >= 15 is 0 Å². The molecular formula is C9H10O3S. The number of hydrogen-bond acceptors (Lipinski definition) is 3. The maximum Gasteiger partial charge on any atom is 0.309 e. The number of aryl methyl sites for hydroxylation is 1. The van der Waals surface area contributed by atoms with Gasteiger partial charge in [0, 0.05) is 4.88 Å². The van der Waals surface area contributed by atoms with Crippen LogP contribution >= 0.6 is 11.3 Å². The lowest BCUT2D eigenvalue weighted by molar-refractivity contribution is -0.146. The molecule has 1 aromatic rings. The van der Waals surface area contributed by atoms with Crippen LogP contribution in [-0.4, -0.2) is 16.2 Å². The monoisotopic (exact) mass is 198 g/mol. The predicted molar refractivity (Wildman–Crippen MR) is 48.7 cm³/mol. The summed E-state index contributed by atoms with van der Waals surface area (Å²) in [6, 6.07) is 1.96. The van der Waals surface area contributed by atoms with Gasteiger partial charge >= 0.3 is 5.97 Å². The highest BCUT2D eigenvalue weighted by molar-refractivity contribution is 7.10. The molecule has 0 saturated carbocycles. The fraction of sp³-hybridized carbons (Fsp3) is 0.444. The van der Waals surface area contributed by atoms with E-state index in [1.54, 1.807) is 0 Å². The molecule has 2 atom stereocenters. The fourth-order valence-electron chi connectivity index (χ4n) is 1.72. The second kappa shape index (κ2) is 3.12. The van der Waals surface area contributed by atoms with Crippen molar-refractivity contribution in [3.05, 3.63) is 21.9 Å². The van der Waals surface area contributed by atoms with E-state index < -0.39 is 18.0 Å². The first-order valence-electron chi connectivity index (χ1n) is 4.17. The standard InChI is InChI=1S/C9H10O3S/c10-7-6(9(11)12)2-1-5-3-4-13-8(5)7/h3-4,6-7,10H,1-2H2,(H,11,12). The molecule has 13 heavy (non-hydrogen) atoms. The molecule has 1 heterocycles. The van der Waals surface area contributed by atoms with E-state index in [0.717, 1.165) is 16.9 Å². The molecule has 0 bridgehead atoms. The molecule has 0 amide bonds. The Kier molecular flexibility index (Phi) is 2.09. The summed E-state index contributed by atoms with van der Waals surface area (Å²) in [5.41, 5.74) is 1.11. The van der Waals surface area contributed by atoms with Crippen LogP contribution in [0, 0.1) is 5.92 Å². The van der Waals surface area contributed by atoms with Gasteiger partial charge in [0.1, 0.15) is 6.10 Å². The SMILES string of the molecule is O=C(O)C1CCc2ccsc2C1O. The van der Waals surface area contributed by atoms with Crippen molar-refractivity contribution in [2.75, 3.05) is 0 Å². The van der Waals surface area contributed by atoms with Crippen molar-refractivity contribution < 1.29 is 15.0 Å². The molecule has 1 aliphatic carbocycles. The van der Waals surface area contributed by atoms with Crippen LogP contribution in [0.2, 0.25) is 0 Å². The average molecular weight is 198 g/mol. The largest absolute Gasteiger partial charge is 0.481 e. The predicted octanol–water partition coefficient (Wildman–Crippen LogP) is 1.43. The van der Waals surface area contributed by atoms with Crippen molar-refractivity contribution in [3.8, 4) is 0 Å². The van der Waals surface area contributed by atoms with Gasteiger partial charge in [0.25, 0.3) is 0 Å². The number of carbonyl (C=O) groups is 1. The Balaban J connectivity index is 2.32.